The van der Waals surface area contributed by atoms with Crippen LogP contribution in [0.25, 0.3) is 16.9 Å². The van der Waals surface area contributed by atoms with E-state index in [2.05, 4.69) is 91.8 Å². The first-order chi connectivity index (χ1) is 27.9. The average molecular weight is 826 g/mol. The Labute approximate surface area is 361 Å². The van der Waals surface area contributed by atoms with E-state index < -0.39 is 0 Å². The standard InChI is InChI=1S/C46H72N2.2C4H9.Ni/c1-7-13-19-25-37-33-41(34-38(26-20-14-8-2)43(37)29-23-17-11-5)45-31-32-46(48(45)47)42-35-39(27-21-15-9-3)44(30-24-18-12-6)40(36-42)28-22-16-10-4;2*1-3-4-2;/h31-36H,7-30H2,1-6H3;2*1,3-4H2,2H3;. The molecule has 1 aliphatic rings. The van der Waals surface area contributed by atoms with Crippen molar-refractivity contribution in [3.05, 3.63) is 86.5 Å². The molecule has 0 aromatic heterocycles. The van der Waals surface area contributed by atoms with Gasteiger partial charge in [-0.3, -0.25) is 0 Å². The molecule has 2 aromatic rings. The molecule has 1 aliphatic heterocycles. The van der Waals surface area contributed by atoms with Crippen molar-refractivity contribution < 1.29 is 19.1 Å². The molecule has 1 heterocycles. The maximum absolute atomic E-state index is 12.0. The fraction of sp³-hybridized carbons (Fsp3) is 0.704. The zero-order valence-electron chi connectivity index (χ0n) is 38.9. The zero-order valence-corrected chi connectivity index (χ0v) is 39.9. The summed E-state index contributed by atoms with van der Waals surface area (Å²) in [7, 11) is 0. The first-order valence-corrected chi connectivity index (χ1v) is 26.0. The predicted molar refractivity (Wildman–Crippen MR) is 251 cm³/mol. The van der Waals surface area contributed by atoms with E-state index in [-0.39, 0.29) is 0 Å². The molecule has 0 saturated heterocycles. The van der Waals surface area contributed by atoms with Gasteiger partial charge in [-0.25, -0.2) is 4.70 Å². The minimum absolute atomic E-state index is 0.936. The molecule has 0 bridgehead atoms. The van der Waals surface area contributed by atoms with Crippen LogP contribution >= 0.6 is 0 Å². The molecular formula is C54H90N2Ni. The fourth-order valence-corrected chi connectivity index (χ4v) is 9.56. The van der Waals surface area contributed by atoms with Crippen molar-refractivity contribution in [2.45, 2.75) is 246 Å². The van der Waals surface area contributed by atoms with Crippen LogP contribution in [-0.4, -0.2) is 4.70 Å². The molecule has 2 nitrogen and oxygen atoms in total. The van der Waals surface area contributed by atoms with Gasteiger partial charge < -0.3 is 5.53 Å². The van der Waals surface area contributed by atoms with Crippen molar-refractivity contribution in [3.63, 3.8) is 0 Å². The van der Waals surface area contributed by atoms with Crippen molar-refractivity contribution in [1.82, 2.24) is 0 Å². The van der Waals surface area contributed by atoms with Gasteiger partial charge in [0.05, 0.1) is 0 Å². The van der Waals surface area contributed by atoms with Crippen LogP contribution in [0.15, 0.2) is 36.4 Å². The normalized spacial score (nSPS) is 12.6. The summed E-state index contributed by atoms with van der Waals surface area (Å²) in [5.41, 5.74) is 25.5. The Morgan fingerprint density at radius 3 is 0.895 bits per heavy atom. The van der Waals surface area contributed by atoms with Crippen LogP contribution in [0.2, 0.25) is 10.8 Å². The van der Waals surface area contributed by atoms with Gasteiger partial charge >= 0.3 is 64.8 Å². The van der Waals surface area contributed by atoms with E-state index in [1.807, 2.05) is 14.4 Å². The molecule has 326 valence electrons. The summed E-state index contributed by atoms with van der Waals surface area (Å²) in [6, 6.07) is 9.76. The second-order valence-electron chi connectivity index (χ2n) is 16.9. The van der Waals surface area contributed by atoms with E-state index in [9.17, 15) is 5.53 Å². The van der Waals surface area contributed by atoms with Crippen LogP contribution in [0.3, 0.4) is 0 Å². The van der Waals surface area contributed by atoms with Gasteiger partial charge in [-0.05, 0) is 135 Å². The molecule has 0 amide bonds. The Hall–Kier alpha value is -1.99. The number of hydrogen-bond donors (Lipinski definition) is 0. The summed E-state index contributed by atoms with van der Waals surface area (Å²) in [4.78, 5) is 0. The number of benzene rings is 2. The van der Waals surface area contributed by atoms with Gasteiger partial charge in [-0.2, -0.15) is 0 Å². The Morgan fingerprint density at radius 2 is 0.632 bits per heavy atom. The van der Waals surface area contributed by atoms with Gasteiger partial charge in [0.1, 0.15) is 0 Å². The molecule has 2 aromatic carbocycles. The second-order valence-corrected chi connectivity index (χ2v) is 18.4. The first kappa shape index (κ1) is 51.2. The molecule has 0 atom stereocenters. The SMILES string of the molecule is CCCCCc1cc(C2=CC=C(c3cc(CCCCC)c(CCCCC)c(CCCCC)c3)[N+]2=[N-])cc(CCCCC)c1CCCCC.CCC[CH2][Ni][CH2]CCC. The predicted octanol–water partition coefficient (Wildman–Crippen LogP) is 18.0. The fourth-order valence-electron chi connectivity index (χ4n) is 8.12. The molecule has 3 rings (SSSR count). The number of nitrogens with zero attached hydrogens (tertiary/aromatic N) is 2. The monoisotopic (exact) mass is 825 g/mol. The molecule has 0 fully saturated rings. The molecule has 3 heteroatoms. The number of allylic oxidation sites excluding steroid dienone is 2. The number of aryl methyl sites for hydroxylation is 4. The molecule has 0 unspecified atom stereocenters. The van der Waals surface area contributed by atoms with Gasteiger partial charge in [0.2, 0.25) is 11.4 Å². The Bertz CT molecular complexity index is 1260. The van der Waals surface area contributed by atoms with E-state index >= 15 is 0 Å². The molecule has 0 spiro atoms. The number of hydrogen-bond acceptors (Lipinski definition) is 0. The molecule has 57 heavy (non-hydrogen) atoms. The van der Waals surface area contributed by atoms with Crippen molar-refractivity contribution >= 4 is 11.4 Å². The third-order valence-electron chi connectivity index (χ3n) is 11.7. The van der Waals surface area contributed by atoms with Gasteiger partial charge in [-0.1, -0.05) is 119 Å². The summed E-state index contributed by atoms with van der Waals surface area (Å²) >= 11 is 1.94. The summed E-state index contributed by atoms with van der Waals surface area (Å²) in [6.07, 6.45) is 39.5. The molecular weight excluding hydrogens is 735 g/mol. The zero-order chi connectivity index (χ0) is 41.5. The summed E-state index contributed by atoms with van der Waals surface area (Å²) in [5.74, 6) is 0. The van der Waals surface area contributed by atoms with Crippen LogP contribution < -0.4 is 0 Å². The Balaban J connectivity index is 0.00000111. The summed E-state index contributed by atoms with van der Waals surface area (Å²) in [5, 5.41) is 2.78. The van der Waals surface area contributed by atoms with Crippen molar-refractivity contribution in [2.24, 2.45) is 0 Å². The molecule has 0 saturated carbocycles. The maximum atomic E-state index is 12.0. The number of unbranched alkanes of at least 4 members (excludes halogenated alkanes) is 14. The third-order valence-corrected chi connectivity index (χ3v) is 13.1. The van der Waals surface area contributed by atoms with Crippen LogP contribution in [0, 0.1) is 0 Å². The Kier molecular flexibility index (Phi) is 29.5. The molecule has 0 aliphatic carbocycles. The van der Waals surface area contributed by atoms with Crippen LogP contribution in [-0.2, 0) is 53.0 Å². The minimum atomic E-state index is 0.936. The molecule has 0 N–H and O–H groups in total. The second kappa shape index (κ2) is 32.8. The van der Waals surface area contributed by atoms with Gasteiger partial charge in [0.15, 0.2) is 0 Å². The summed E-state index contributed by atoms with van der Waals surface area (Å²) < 4.78 is 1.52. The average Bonchev–Trinajstić information content (AvgIpc) is 3.60. The van der Waals surface area contributed by atoms with E-state index in [1.165, 1.54) is 203 Å². The van der Waals surface area contributed by atoms with E-state index in [0.29, 0.717) is 0 Å². The van der Waals surface area contributed by atoms with Gasteiger partial charge in [0, 0.05) is 23.3 Å². The van der Waals surface area contributed by atoms with Crippen LogP contribution in [0.5, 0.6) is 0 Å². The van der Waals surface area contributed by atoms with Crippen molar-refractivity contribution in [1.29, 1.82) is 0 Å². The van der Waals surface area contributed by atoms with E-state index in [0.717, 1.165) is 37.1 Å². The third kappa shape index (κ3) is 19.3. The van der Waals surface area contributed by atoms with E-state index in [4.69, 9.17) is 0 Å². The first-order valence-electron chi connectivity index (χ1n) is 24.6. The van der Waals surface area contributed by atoms with Crippen molar-refractivity contribution in [3.8, 4) is 0 Å². The van der Waals surface area contributed by atoms with Gasteiger partial charge in [0.25, 0.3) is 0 Å². The Morgan fingerprint density at radius 1 is 0.368 bits per heavy atom. The van der Waals surface area contributed by atoms with Gasteiger partial charge in [-0.15, -0.1) is 0 Å². The quantitative estimate of drug-likeness (QED) is 0.0399. The van der Waals surface area contributed by atoms with Crippen LogP contribution in [0.1, 0.15) is 241 Å². The molecule has 0 radical (unpaired) electrons. The number of rotatable bonds is 32. The summed E-state index contributed by atoms with van der Waals surface area (Å²) in [6.45, 7) is 18.3. The van der Waals surface area contributed by atoms with Crippen molar-refractivity contribution in [2.75, 3.05) is 0 Å². The van der Waals surface area contributed by atoms with Crippen LogP contribution in [0.4, 0.5) is 0 Å². The topological polar surface area (TPSA) is 25.3 Å². The van der Waals surface area contributed by atoms with E-state index in [1.54, 1.807) is 11.1 Å².